The summed E-state index contributed by atoms with van der Waals surface area (Å²) in [6.07, 6.45) is 0. The van der Waals surface area contributed by atoms with Crippen molar-refractivity contribution in [3.8, 4) is 0 Å². The summed E-state index contributed by atoms with van der Waals surface area (Å²) in [5, 5.41) is 3.14. The molecule has 0 aliphatic heterocycles. The van der Waals surface area contributed by atoms with Crippen molar-refractivity contribution >= 4 is 9.84 Å². The van der Waals surface area contributed by atoms with E-state index in [1.54, 1.807) is 0 Å². The van der Waals surface area contributed by atoms with Crippen molar-refractivity contribution in [1.29, 1.82) is 0 Å². The summed E-state index contributed by atoms with van der Waals surface area (Å²) in [5.74, 6) is 0.149. The molecule has 0 saturated heterocycles. The maximum absolute atomic E-state index is 12.3. The fraction of sp³-hybridized carbons (Fsp3) is 0.571. The number of benzene rings is 1. The number of rotatable bonds is 5. The molecule has 0 bridgehead atoms. The zero-order chi connectivity index (χ0) is 13.9. The smallest absolute Gasteiger partial charge is 0.180 e. The molecule has 102 valence electrons. The van der Waals surface area contributed by atoms with Crippen LogP contribution in [-0.2, 0) is 9.84 Å². The summed E-state index contributed by atoms with van der Waals surface area (Å²) >= 11 is 0. The van der Waals surface area contributed by atoms with Gasteiger partial charge in [0.15, 0.2) is 9.84 Å². The lowest BCUT2D eigenvalue weighted by molar-refractivity contribution is 0.577. The Bertz CT molecular complexity index is 496. The molecular weight excluding hydrogens is 246 g/mol. The first-order valence-corrected chi connectivity index (χ1v) is 7.93. The van der Waals surface area contributed by atoms with Gasteiger partial charge >= 0.3 is 0 Å². The number of nitrogens with one attached hydrogen (secondary N) is 1. The molecule has 0 fully saturated rings. The topological polar surface area (TPSA) is 46.2 Å². The van der Waals surface area contributed by atoms with Crippen molar-refractivity contribution in [3.05, 3.63) is 28.8 Å². The van der Waals surface area contributed by atoms with Gasteiger partial charge in [0.25, 0.3) is 0 Å². The van der Waals surface area contributed by atoms with Crippen molar-refractivity contribution in [2.24, 2.45) is 0 Å². The summed E-state index contributed by atoms with van der Waals surface area (Å²) in [4.78, 5) is 0.499. The third kappa shape index (κ3) is 3.82. The lowest BCUT2D eigenvalue weighted by Gasteiger charge is -2.13. The molecule has 0 aliphatic rings. The van der Waals surface area contributed by atoms with E-state index in [0.717, 1.165) is 16.7 Å². The summed E-state index contributed by atoms with van der Waals surface area (Å²) < 4.78 is 24.7. The Morgan fingerprint density at radius 2 is 1.61 bits per heavy atom. The molecule has 1 aromatic rings. The van der Waals surface area contributed by atoms with Gasteiger partial charge in [0.05, 0.1) is 10.6 Å². The van der Waals surface area contributed by atoms with Crippen LogP contribution in [0.4, 0.5) is 0 Å². The van der Waals surface area contributed by atoms with E-state index in [4.69, 9.17) is 0 Å². The Hall–Kier alpha value is -0.870. The molecule has 1 rings (SSSR count). The van der Waals surface area contributed by atoms with Gasteiger partial charge in [0.1, 0.15) is 0 Å². The first kappa shape index (κ1) is 15.2. The van der Waals surface area contributed by atoms with Gasteiger partial charge in [-0.2, -0.15) is 0 Å². The second-order valence-electron chi connectivity index (χ2n) is 5.16. The van der Waals surface area contributed by atoms with E-state index in [1.807, 2.05) is 46.8 Å². The van der Waals surface area contributed by atoms with E-state index in [-0.39, 0.29) is 5.75 Å². The Balaban J connectivity index is 2.99. The molecule has 18 heavy (non-hydrogen) atoms. The van der Waals surface area contributed by atoms with Crippen LogP contribution in [0, 0.1) is 20.8 Å². The average molecular weight is 269 g/mol. The minimum absolute atomic E-state index is 0.149. The lowest BCUT2D eigenvalue weighted by atomic mass is 10.1. The summed E-state index contributed by atoms with van der Waals surface area (Å²) in [6, 6.07) is 4.16. The van der Waals surface area contributed by atoms with Crippen LogP contribution < -0.4 is 5.32 Å². The number of hydrogen-bond donors (Lipinski definition) is 1. The van der Waals surface area contributed by atoms with E-state index >= 15 is 0 Å². The normalized spacial score (nSPS) is 12.1. The molecule has 0 aromatic heterocycles. The minimum atomic E-state index is -3.20. The molecule has 0 atom stereocenters. The monoisotopic (exact) mass is 269 g/mol. The highest BCUT2D eigenvalue weighted by Crippen LogP contribution is 2.22. The maximum Gasteiger partial charge on any atom is 0.180 e. The van der Waals surface area contributed by atoms with E-state index in [2.05, 4.69) is 5.32 Å². The highest BCUT2D eigenvalue weighted by atomic mass is 32.2. The molecule has 0 aliphatic carbocycles. The molecular formula is C14H23NO2S. The predicted molar refractivity (Wildman–Crippen MR) is 75.8 cm³/mol. The zero-order valence-electron chi connectivity index (χ0n) is 11.9. The standard InChI is InChI=1S/C14H23NO2S/c1-10(2)15-6-7-18(16,17)14-12(4)8-11(3)9-13(14)5/h8-10,15H,6-7H2,1-5H3. The van der Waals surface area contributed by atoms with Crippen molar-refractivity contribution in [2.45, 2.75) is 45.6 Å². The lowest BCUT2D eigenvalue weighted by Crippen LogP contribution is -2.29. The molecule has 0 radical (unpaired) electrons. The van der Waals surface area contributed by atoms with Gasteiger partial charge in [0, 0.05) is 12.6 Å². The van der Waals surface area contributed by atoms with Crippen molar-refractivity contribution < 1.29 is 8.42 Å². The Kier molecular flexibility index (Phi) is 4.93. The number of aryl methyl sites for hydroxylation is 3. The van der Waals surface area contributed by atoms with Gasteiger partial charge in [-0.25, -0.2) is 8.42 Å². The predicted octanol–water partition coefficient (Wildman–Crippen LogP) is 2.38. The molecule has 0 saturated carbocycles. The average Bonchev–Trinajstić information content (AvgIpc) is 2.13. The molecule has 0 heterocycles. The first-order valence-electron chi connectivity index (χ1n) is 6.28. The quantitative estimate of drug-likeness (QED) is 0.892. The molecule has 0 spiro atoms. The van der Waals surface area contributed by atoms with Crippen LogP contribution >= 0.6 is 0 Å². The van der Waals surface area contributed by atoms with E-state index in [0.29, 0.717) is 17.5 Å². The third-order valence-electron chi connectivity index (χ3n) is 2.84. The first-order chi connectivity index (χ1) is 8.24. The SMILES string of the molecule is Cc1cc(C)c(S(=O)(=O)CCNC(C)C)c(C)c1. The van der Waals surface area contributed by atoms with Gasteiger partial charge in [-0.1, -0.05) is 31.5 Å². The molecule has 1 N–H and O–H groups in total. The highest BCUT2D eigenvalue weighted by molar-refractivity contribution is 7.91. The van der Waals surface area contributed by atoms with Crippen LogP contribution in [0.15, 0.2) is 17.0 Å². The Morgan fingerprint density at radius 1 is 1.11 bits per heavy atom. The minimum Gasteiger partial charge on any atom is -0.314 e. The Labute approximate surface area is 111 Å². The largest absolute Gasteiger partial charge is 0.314 e. The van der Waals surface area contributed by atoms with Gasteiger partial charge in [-0.3, -0.25) is 0 Å². The van der Waals surface area contributed by atoms with Crippen molar-refractivity contribution in [1.82, 2.24) is 5.32 Å². The van der Waals surface area contributed by atoms with Crippen LogP contribution in [0.3, 0.4) is 0 Å². The fourth-order valence-electron chi connectivity index (χ4n) is 2.24. The molecule has 0 amide bonds. The molecule has 0 unspecified atom stereocenters. The highest BCUT2D eigenvalue weighted by Gasteiger charge is 2.19. The number of sulfone groups is 1. The molecule has 4 heteroatoms. The van der Waals surface area contributed by atoms with Crippen molar-refractivity contribution in [3.63, 3.8) is 0 Å². The zero-order valence-corrected chi connectivity index (χ0v) is 12.7. The summed E-state index contributed by atoms with van der Waals surface area (Å²) in [6.45, 7) is 10.2. The van der Waals surface area contributed by atoms with Crippen LogP contribution in [0.2, 0.25) is 0 Å². The van der Waals surface area contributed by atoms with E-state index < -0.39 is 9.84 Å². The van der Waals surface area contributed by atoms with E-state index in [9.17, 15) is 8.42 Å². The Morgan fingerprint density at radius 3 is 2.06 bits per heavy atom. The van der Waals surface area contributed by atoms with Crippen LogP contribution in [-0.4, -0.2) is 26.8 Å². The van der Waals surface area contributed by atoms with E-state index in [1.165, 1.54) is 0 Å². The van der Waals surface area contributed by atoms with Crippen LogP contribution in [0.25, 0.3) is 0 Å². The maximum atomic E-state index is 12.3. The van der Waals surface area contributed by atoms with Crippen molar-refractivity contribution in [2.75, 3.05) is 12.3 Å². The van der Waals surface area contributed by atoms with Gasteiger partial charge in [-0.15, -0.1) is 0 Å². The fourth-order valence-corrected chi connectivity index (χ4v) is 3.93. The van der Waals surface area contributed by atoms with Crippen LogP contribution in [0.5, 0.6) is 0 Å². The van der Waals surface area contributed by atoms with Gasteiger partial charge in [0.2, 0.25) is 0 Å². The molecule has 1 aromatic carbocycles. The van der Waals surface area contributed by atoms with Gasteiger partial charge in [-0.05, 0) is 31.9 Å². The second kappa shape index (κ2) is 5.85. The summed E-state index contributed by atoms with van der Waals surface area (Å²) in [7, 11) is -3.20. The number of hydrogen-bond acceptors (Lipinski definition) is 3. The van der Waals surface area contributed by atoms with Crippen LogP contribution in [0.1, 0.15) is 30.5 Å². The third-order valence-corrected chi connectivity index (χ3v) is 4.85. The molecule has 3 nitrogen and oxygen atoms in total. The summed E-state index contributed by atoms with van der Waals surface area (Å²) in [5.41, 5.74) is 2.79. The van der Waals surface area contributed by atoms with Gasteiger partial charge < -0.3 is 5.32 Å². The second-order valence-corrected chi connectivity index (χ2v) is 7.20.